The zero-order valence-electron chi connectivity index (χ0n) is 17.6. The van der Waals surface area contributed by atoms with E-state index in [0.29, 0.717) is 41.9 Å². The number of benzene rings is 1. The number of hydrogen-bond acceptors (Lipinski definition) is 10. The van der Waals surface area contributed by atoms with Gasteiger partial charge in [0, 0.05) is 42.8 Å². The smallest absolute Gasteiger partial charge is 0.229 e. The number of hydrogen-bond donors (Lipinski definition) is 4. The first-order valence-corrected chi connectivity index (χ1v) is 11.7. The van der Waals surface area contributed by atoms with Crippen molar-refractivity contribution >= 4 is 44.6 Å². The first-order chi connectivity index (χ1) is 15.8. The SMILES string of the molecule is CS(=O)(=O)Nc1ccc(-c2cc3nccn3c(NCCNc3ccc(N=O)c(N)n3)n2)cc1. The van der Waals surface area contributed by atoms with Gasteiger partial charge in [-0.05, 0) is 29.4 Å². The maximum Gasteiger partial charge on any atom is 0.229 e. The van der Waals surface area contributed by atoms with Gasteiger partial charge in [0.1, 0.15) is 17.2 Å². The zero-order valence-corrected chi connectivity index (χ0v) is 18.4. The molecule has 5 N–H and O–H groups in total. The van der Waals surface area contributed by atoms with Gasteiger partial charge in [0.15, 0.2) is 5.82 Å². The zero-order chi connectivity index (χ0) is 23.4. The Balaban J connectivity index is 1.47. The lowest BCUT2D eigenvalue weighted by Gasteiger charge is -2.12. The van der Waals surface area contributed by atoms with E-state index in [-0.39, 0.29) is 11.5 Å². The lowest BCUT2D eigenvalue weighted by atomic mass is 10.1. The average molecular weight is 468 g/mol. The van der Waals surface area contributed by atoms with Gasteiger partial charge in [0.2, 0.25) is 16.0 Å². The third-order valence-corrected chi connectivity index (χ3v) is 5.20. The summed E-state index contributed by atoms with van der Waals surface area (Å²) >= 11 is 0. The quantitative estimate of drug-likeness (QED) is 0.213. The van der Waals surface area contributed by atoms with E-state index in [1.54, 1.807) is 42.7 Å². The van der Waals surface area contributed by atoms with Gasteiger partial charge >= 0.3 is 0 Å². The first-order valence-electron chi connectivity index (χ1n) is 9.82. The van der Waals surface area contributed by atoms with Crippen molar-refractivity contribution in [2.45, 2.75) is 0 Å². The van der Waals surface area contributed by atoms with E-state index in [2.05, 4.69) is 30.5 Å². The van der Waals surface area contributed by atoms with Crippen LogP contribution >= 0.6 is 0 Å². The highest BCUT2D eigenvalue weighted by atomic mass is 32.2. The maximum atomic E-state index is 11.4. The standard InChI is InChI=1S/C20H21N9O3S/c1-33(31,32)28-14-4-2-13(3-5-14)16-12-18-23-10-11-29(18)20(25-16)24-9-8-22-17-7-6-15(27-30)19(21)26-17/h2-7,10-12,28H,8-9H2,1H3,(H,24,25)(H3,21,22,26). The molecule has 3 aromatic heterocycles. The summed E-state index contributed by atoms with van der Waals surface area (Å²) in [4.78, 5) is 23.7. The van der Waals surface area contributed by atoms with Crippen molar-refractivity contribution in [1.29, 1.82) is 0 Å². The Kier molecular flexibility index (Phi) is 6.04. The number of pyridine rings is 1. The van der Waals surface area contributed by atoms with E-state index in [4.69, 9.17) is 10.7 Å². The molecule has 0 fully saturated rings. The fourth-order valence-electron chi connectivity index (χ4n) is 3.13. The molecule has 0 aliphatic rings. The van der Waals surface area contributed by atoms with Crippen LogP contribution in [0.15, 0.2) is 60.0 Å². The molecule has 0 atom stereocenters. The van der Waals surface area contributed by atoms with Gasteiger partial charge in [0.25, 0.3) is 0 Å². The number of nitrogen functional groups attached to an aromatic ring is 1. The van der Waals surface area contributed by atoms with Crippen molar-refractivity contribution < 1.29 is 8.42 Å². The topological polar surface area (TPSA) is 169 Å². The molecule has 3 heterocycles. The third-order valence-electron chi connectivity index (χ3n) is 4.59. The third kappa shape index (κ3) is 5.33. The number of imidazole rings is 1. The number of nitrogens with two attached hydrogens (primary N) is 1. The van der Waals surface area contributed by atoms with Gasteiger partial charge in [-0.1, -0.05) is 12.1 Å². The summed E-state index contributed by atoms with van der Waals surface area (Å²) in [5.41, 5.74) is 8.44. The fraction of sp³-hybridized carbons (Fsp3) is 0.150. The number of nitroso groups, excluding NO2 is 1. The van der Waals surface area contributed by atoms with E-state index in [1.165, 1.54) is 6.07 Å². The minimum absolute atomic E-state index is 0.0650. The van der Waals surface area contributed by atoms with Crippen LogP contribution in [-0.2, 0) is 10.0 Å². The van der Waals surface area contributed by atoms with Gasteiger partial charge < -0.3 is 16.4 Å². The van der Waals surface area contributed by atoms with Crippen LogP contribution in [0.5, 0.6) is 0 Å². The molecule has 13 heteroatoms. The van der Waals surface area contributed by atoms with Crippen LogP contribution in [0.1, 0.15) is 0 Å². The second-order valence-electron chi connectivity index (χ2n) is 7.12. The molecule has 0 spiro atoms. The highest BCUT2D eigenvalue weighted by molar-refractivity contribution is 7.92. The molecule has 4 aromatic rings. The van der Waals surface area contributed by atoms with E-state index in [0.717, 1.165) is 11.8 Å². The molecule has 0 saturated carbocycles. The van der Waals surface area contributed by atoms with Gasteiger partial charge in [-0.3, -0.25) is 9.12 Å². The molecule has 0 radical (unpaired) electrons. The number of sulfonamides is 1. The van der Waals surface area contributed by atoms with Crippen molar-refractivity contribution in [3.63, 3.8) is 0 Å². The highest BCUT2D eigenvalue weighted by Gasteiger charge is 2.09. The molecule has 4 rings (SSSR count). The molecule has 0 amide bonds. The van der Waals surface area contributed by atoms with E-state index in [9.17, 15) is 13.3 Å². The summed E-state index contributed by atoms with van der Waals surface area (Å²) in [6, 6.07) is 11.9. The van der Waals surface area contributed by atoms with E-state index in [1.807, 2.05) is 10.5 Å². The monoisotopic (exact) mass is 467 g/mol. The molecular weight excluding hydrogens is 446 g/mol. The lowest BCUT2D eigenvalue weighted by molar-refractivity contribution is 0.607. The predicted molar refractivity (Wildman–Crippen MR) is 128 cm³/mol. The van der Waals surface area contributed by atoms with Gasteiger partial charge in [-0.25, -0.2) is 23.4 Å². The molecule has 0 saturated heterocycles. The number of fused-ring (bicyclic) bond motifs is 1. The van der Waals surface area contributed by atoms with Crippen LogP contribution in [0, 0.1) is 4.91 Å². The number of nitrogens with zero attached hydrogens (tertiary/aromatic N) is 5. The second kappa shape index (κ2) is 9.08. The summed E-state index contributed by atoms with van der Waals surface area (Å²) in [6.45, 7) is 1.02. The van der Waals surface area contributed by atoms with Crippen LogP contribution in [0.25, 0.3) is 16.9 Å². The first kappa shape index (κ1) is 22.0. The Morgan fingerprint density at radius 3 is 2.52 bits per heavy atom. The van der Waals surface area contributed by atoms with Gasteiger partial charge in [0.05, 0.1) is 11.9 Å². The average Bonchev–Trinajstić information content (AvgIpc) is 3.25. The van der Waals surface area contributed by atoms with Crippen LogP contribution in [0.2, 0.25) is 0 Å². The summed E-state index contributed by atoms with van der Waals surface area (Å²) in [6.07, 6.45) is 4.58. The number of aromatic nitrogens is 4. The number of nitrogens with one attached hydrogen (secondary N) is 3. The maximum absolute atomic E-state index is 11.4. The Labute approximate surface area is 189 Å². The molecule has 12 nitrogen and oxygen atoms in total. The molecule has 1 aromatic carbocycles. The largest absolute Gasteiger partial charge is 0.382 e. The second-order valence-corrected chi connectivity index (χ2v) is 8.87. The Morgan fingerprint density at radius 1 is 1.06 bits per heavy atom. The van der Waals surface area contributed by atoms with Gasteiger partial charge in [-0.2, -0.15) is 0 Å². The van der Waals surface area contributed by atoms with Crippen LogP contribution < -0.4 is 21.1 Å². The molecule has 170 valence electrons. The Hall–Kier alpha value is -4.26. The summed E-state index contributed by atoms with van der Waals surface area (Å²) in [7, 11) is -3.35. The number of anilines is 4. The minimum atomic E-state index is -3.35. The summed E-state index contributed by atoms with van der Waals surface area (Å²) in [5, 5.41) is 9.18. The van der Waals surface area contributed by atoms with Crippen molar-refractivity contribution in [1.82, 2.24) is 19.4 Å². The van der Waals surface area contributed by atoms with Gasteiger partial charge in [-0.15, -0.1) is 4.91 Å². The minimum Gasteiger partial charge on any atom is -0.382 e. The van der Waals surface area contributed by atoms with Crippen molar-refractivity contribution in [2.75, 3.05) is 40.4 Å². The summed E-state index contributed by atoms with van der Waals surface area (Å²) < 4.78 is 27.1. The van der Waals surface area contributed by atoms with Crippen molar-refractivity contribution in [3.05, 3.63) is 59.8 Å². The Bertz CT molecular complexity index is 1400. The van der Waals surface area contributed by atoms with E-state index >= 15 is 0 Å². The van der Waals surface area contributed by atoms with Crippen molar-refractivity contribution in [2.24, 2.45) is 5.18 Å². The van der Waals surface area contributed by atoms with Crippen molar-refractivity contribution in [3.8, 4) is 11.3 Å². The molecule has 0 bridgehead atoms. The predicted octanol–water partition coefficient (Wildman–Crippen LogP) is 2.67. The fourth-order valence-corrected chi connectivity index (χ4v) is 3.69. The number of rotatable bonds is 9. The lowest BCUT2D eigenvalue weighted by Crippen LogP contribution is -2.17. The Morgan fingerprint density at radius 2 is 1.82 bits per heavy atom. The highest BCUT2D eigenvalue weighted by Crippen LogP contribution is 2.24. The van der Waals surface area contributed by atoms with Crippen LogP contribution in [-0.4, -0.2) is 47.1 Å². The van der Waals surface area contributed by atoms with E-state index < -0.39 is 10.0 Å². The summed E-state index contributed by atoms with van der Waals surface area (Å²) in [5.74, 6) is 1.18. The molecule has 0 aliphatic heterocycles. The van der Waals surface area contributed by atoms with Crippen LogP contribution in [0.3, 0.4) is 0 Å². The van der Waals surface area contributed by atoms with Crippen LogP contribution in [0.4, 0.5) is 29.0 Å². The molecule has 33 heavy (non-hydrogen) atoms. The normalized spacial score (nSPS) is 11.3. The molecule has 0 aliphatic carbocycles. The molecular formula is C20H21N9O3S. The molecule has 0 unspecified atom stereocenters.